The lowest BCUT2D eigenvalue weighted by Crippen LogP contribution is -2.06. The normalized spacial score (nSPS) is 11.3. The monoisotopic (exact) mass is 351 g/mol. The molecule has 6 heteroatoms. The fourth-order valence-electron chi connectivity index (χ4n) is 1.90. The predicted octanol–water partition coefficient (Wildman–Crippen LogP) is 4.78. The highest BCUT2D eigenvalue weighted by molar-refractivity contribution is 6.42. The first-order valence-electron chi connectivity index (χ1n) is 6.96. The van der Waals surface area contributed by atoms with Crippen LogP contribution in [0.15, 0.2) is 53.7 Å². The summed E-state index contributed by atoms with van der Waals surface area (Å²) in [5.41, 5.74) is 2.18. The fourth-order valence-corrected chi connectivity index (χ4v) is 2.20. The summed E-state index contributed by atoms with van der Waals surface area (Å²) in [7, 11) is 0. The van der Waals surface area contributed by atoms with Gasteiger partial charge in [-0.25, -0.2) is 0 Å². The summed E-state index contributed by atoms with van der Waals surface area (Å²) in [4.78, 5) is 16.2. The van der Waals surface area contributed by atoms with Gasteiger partial charge < -0.3 is 9.94 Å². The number of hydrogen-bond acceptors (Lipinski definition) is 3. The largest absolute Gasteiger partial charge is 0.481 e. The van der Waals surface area contributed by atoms with Crippen molar-refractivity contribution >= 4 is 34.9 Å². The van der Waals surface area contributed by atoms with Gasteiger partial charge in [-0.3, -0.25) is 4.79 Å². The van der Waals surface area contributed by atoms with E-state index in [9.17, 15) is 4.79 Å². The molecule has 0 atom stereocenters. The second kappa shape index (κ2) is 8.56. The van der Waals surface area contributed by atoms with E-state index >= 15 is 0 Å². The number of oxime groups is 1. The van der Waals surface area contributed by atoms with Crippen molar-refractivity contribution in [2.24, 2.45) is 5.16 Å². The standard InChI is InChI=1S/C17H15Cl2NO3/c18-14-7-6-13(10-15(14)19)16(8-9-17(21)22)20-23-11-12-4-2-1-3-5-12/h1-7,10H,8-9,11H2,(H,21,22)/b20-16+. The number of carboxylic acid groups (broad SMARTS) is 1. The van der Waals surface area contributed by atoms with E-state index in [4.69, 9.17) is 33.1 Å². The highest BCUT2D eigenvalue weighted by atomic mass is 35.5. The zero-order valence-electron chi connectivity index (χ0n) is 12.2. The van der Waals surface area contributed by atoms with Crippen molar-refractivity contribution in [2.75, 3.05) is 0 Å². The molecule has 2 aromatic carbocycles. The molecule has 0 radical (unpaired) electrons. The van der Waals surface area contributed by atoms with Crippen molar-refractivity contribution in [3.8, 4) is 0 Å². The smallest absolute Gasteiger partial charge is 0.303 e. The Morgan fingerprint density at radius 1 is 1.04 bits per heavy atom. The van der Waals surface area contributed by atoms with E-state index in [1.165, 1.54) is 0 Å². The van der Waals surface area contributed by atoms with Crippen LogP contribution in [-0.2, 0) is 16.2 Å². The van der Waals surface area contributed by atoms with Gasteiger partial charge in [0.15, 0.2) is 0 Å². The van der Waals surface area contributed by atoms with Crippen LogP contribution in [0.4, 0.5) is 0 Å². The van der Waals surface area contributed by atoms with Crippen molar-refractivity contribution in [3.05, 3.63) is 69.7 Å². The quantitative estimate of drug-likeness (QED) is 0.576. The number of benzene rings is 2. The molecule has 0 aliphatic rings. The Kier molecular flexibility index (Phi) is 6.44. The van der Waals surface area contributed by atoms with E-state index in [2.05, 4.69) is 5.16 Å². The maximum Gasteiger partial charge on any atom is 0.303 e. The zero-order valence-corrected chi connectivity index (χ0v) is 13.7. The van der Waals surface area contributed by atoms with Crippen LogP contribution in [0, 0.1) is 0 Å². The van der Waals surface area contributed by atoms with Crippen molar-refractivity contribution in [1.82, 2.24) is 0 Å². The van der Waals surface area contributed by atoms with Gasteiger partial charge >= 0.3 is 5.97 Å². The molecular weight excluding hydrogens is 337 g/mol. The number of aliphatic carboxylic acids is 1. The SMILES string of the molecule is O=C(O)CC/C(=N\OCc1ccccc1)c1ccc(Cl)c(Cl)c1. The average Bonchev–Trinajstić information content (AvgIpc) is 2.54. The molecule has 0 fully saturated rings. The molecule has 0 saturated heterocycles. The van der Waals surface area contributed by atoms with Crippen molar-refractivity contribution in [1.29, 1.82) is 0 Å². The summed E-state index contributed by atoms with van der Waals surface area (Å²) >= 11 is 11.9. The van der Waals surface area contributed by atoms with Gasteiger partial charge in [0.25, 0.3) is 0 Å². The van der Waals surface area contributed by atoms with Crippen LogP contribution >= 0.6 is 23.2 Å². The first kappa shape index (κ1) is 17.3. The molecule has 120 valence electrons. The van der Waals surface area contributed by atoms with Crippen molar-refractivity contribution < 1.29 is 14.7 Å². The van der Waals surface area contributed by atoms with Gasteiger partial charge in [-0.2, -0.15) is 0 Å². The van der Waals surface area contributed by atoms with Crippen LogP contribution in [-0.4, -0.2) is 16.8 Å². The van der Waals surface area contributed by atoms with E-state index in [0.29, 0.717) is 27.9 Å². The van der Waals surface area contributed by atoms with Crippen molar-refractivity contribution in [3.63, 3.8) is 0 Å². The number of rotatable bonds is 7. The van der Waals surface area contributed by atoms with Crippen molar-refractivity contribution in [2.45, 2.75) is 19.4 Å². The molecule has 0 bridgehead atoms. The Morgan fingerprint density at radius 3 is 2.43 bits per heavy atom. The average molecular weight is 352 g/mol. The molecule has 2 aromatic rings. The summed E-state index contributed by atoms with van der Waals surface area (Å²) in [5, 5.41) is 13.8. The Labute approximate surface area is 144 Å². The second-order valence-electron chi connectivity index (χ2n) is 4.82. The first-order chi connectivity index (χ1) is 11.1. The highest BCUT2D eigenvalue weighted by Gasteiger charge is 2.10. The molecule has 0 aliphatic heterocycles. The number of carbonyl (C=O) groups is 1. The summed E-state index contributed by atoms with van der Waals surface area (Å²) in [6.07, 6.45) is 0.190. The third-order valence-electron chi connectivity index (χ3n) is 3.08. The van der Waals surface area contributed by atoms with Gasteiger partial charge in [0.2, 0.25) is 0 Å². The second-order valence-corrected chi connectivity index (χ2v) is 5.63. The molecule has 0 spiro atoms. The third-order valence-corrected chi connectivity index (χ3v) is 3.82. The Bertz CT molecular complexity index is 702. The van der Waals surface area contributed by atoms with Gasteiger partial charge in [0.1, 0.15) is 6.61 Å². The number of nitrogens with zero attached hydrogens (tertiary/aromatic N) is 1. The van der Waals surface area contributed by atoms with Gasteiger partial charge in [-0.1, -0.05) is 64.8 Å². The molecule has 0 saturated carbocycles. The third kappa shape index (κ3) is 5.58. The summed E-state index contributed by atoms with van der Waals surface area (Å²) < 4.78 is 0. The minimum Gasteiger partial charge on any atom is -0.481 e. The van der Waals surface area contributed by atoms with Crippen LogP contribution in [0.1, 0.15) is 24.0 Å². The minimum absolute atomic E-state index is 0.0478. The predicted molar refractivity (Wildman–Crippen MR) is 91.1 cm³/mol. The van der Waals surface area contributed by atoms with E-state index in [-0.39, 0.29) is 12.8 Å². The lowest BCUT2D eigenvalue weighted by molar-refractivity contribution is -0.136. The van der Waals surface area contributed by atoms with Crippen LogP contribution in [0.3, 0.4) is 0 Å². The minimum atomic E-state index is -0.902. The number of halogens is 2. The molecule has 2 rings (SSSR count). The maximum absolute atomic E-state index is 10.8. The summed E-state index contributed by atoms with van der Waals surface area (Å²) in [6.45, 7) is 0.304. The topological polar surface area (TPSA) is 58.9 Å². The van der Waals surface area contributed by atoms with Crippen LogP contribution < -0.4 is 0 Å². The van der Waals surface area contributed by atoms with E-state index in [0.717, 1.165) is 5.56 Å². The Morgan fingerprint density at radius 2 is 1.78 bits per heavy atom. The molecule has 1 N–H and O–H groups in total. The maximum atomic E-state index is 10.8. The molecule has 4 nitrogen and oxygen atoms in total. The van der Waals surface area contributed by atoms with Crippen LogP contribution in [0.5, 0.6) is 0 Å². The lowest BCUT2D eigenvalue weighted by atomic mass is 10.1. The molecule has 0 heterocycles. The molecular formula is C17H15Cl2NO3. The molecule has 0 unspecified atom stereocenters. The lowest BCUT2D eigenvalue weighted by Gasteiger charge is -2.07. The summed E-state index contributed by atoms with van der Waals surface area (Å²) in [5.74, 6) is -0.902. The first-order valence-corrected chi connectivity index (χ1v) is 7.72. The van der Waals surface area contributed by atoms with Gasteiger partial charge in [-0.15, -0.1) is 0 Å². The molecule has 23 heavy (non-hydrogen) atoms. The zero-order chi connectivity index (χ0) is 16.7. The fraction of sp³-hybridized carbons (Fsp3) is 0.176. The van der Waals surface area contributed by atoms with Gasteiger partial charge in [0.05, 0.1) is 22.2 Å². The van der Waals surface area contributed by atoms with Gasteiger partial charge in [-0.05, 0) is 17.7 Å². The number of hydrogen-bond donors (Lipinski definition) is 1. The van der Waals surface area contributed by atoms with E-state index in [1.807, 2.05) is 30.3 Å². The molecule has 0 aromatic heterocycles. The van der Waals surface area contributed by atoms with E-state index in [1.54, 1.807) is 18.2 Å². The summed E-state index contributed by atoms with van der Waals surface area (Å²) in [6, 6.07) is 14.6. The van der Waals surface area contributed by atoms with Crippen LogP contribution in [0.25, 0.3) is 0 Å². The molecule has 0 amide bonds. The Balaban J connectivity index is 2.13. The molecule has 0 aliphatic carbocycles. The van der Waals surface area contributed by atoms with Gasteiger partial charge in [0, 0.05) is 12.0 Å². The van der Waals surface area contributed by atoms with Crippen LogP contribution in [0.2, 0.25) is 10.0 Å². The Hall–Kier alpha value is -2.04. The number of carboxylic acids is 1. The highest BCUT2D eigenvalue weighted by Crippen LogP contribution is 2.23. The van der Waals surface area contributed by atoms with E-state index < -0.39 is 5.97 Å².